The molecule has 9 nitrogen and oxygen atoms in total. The van der Waals surface area contributed by atoms with Crippen molar-refractivity contribution in [2.45, 2.75) is 48.7 Å². The van der Waals surface area contributed by atoms with Crippen molar-refractivity contribution in [2.24, 2.45) is 0 Å². The van der Waals surface area contributed by atoms with Gasteiger partial charge in [0.1, 0.15) is 36.6 Å². The first-order valence-electron chi connectivity index (χ1n) is 7.11. The third-order valence-electron chi connectivity index (χ3n) is 4.22. The molecule has 0 aromatic rings. The molecule has 2 rings (SSSR count). The third kappa shape index (κ3) is 3.32. The Morgan fingerprint density at radius 2 is 1.68 bits per heavy atom. The normalized spacial score (nSPS) is 46.4. The van der Waals surface area contributed by atoms with E-state index in [1.165, 1.54) is 6.08 Å². The maximum absolute atomic E-state index is 10.0. The first-order chi connectivity index (χ1) is 10.4. The van der Waals surface area contributed by atoms with Gasteiger partial charge in [-0.15, -0.1) is 0 Å². The summed E-state index contributed by atoms with van der Waals surface area (Å²) in [6.07, 6.45) is -6.26. The molecule has 0 bridgehead atoms. The lowest BCUT2D eigenvalue weighted by atomic mass is 9.87. The number of rotatable bonds is 4. The quantitative estimate of drug-likeness (QED) is 0.238. The number of aliphatic hydroxyl groups is 7. The minimum atomic E-state index is -1.48. The van der Waals surface area contributed by atoms with Gasteiger partial charge >= 0.3 is 0 Å². The van der Waals surface area contributed by atoms with Crippen LogP contribution in [0.25, 0.3) is 0 Å². The molecule has 0 amide bonds. The lowest BCUT2D eigenvalue weighted by Crippen LogP contribution is -2.64. The van der Waals surface area contributed by atoms with Crippen LogP contribution >= 0.6 is 0 Å². The summed E-state index contributed by atoms with van der Waals surface area (Å²) in [5.74, 6) is 0. The lowest BCUT2D eigenvalue weighted by Gasteiger charge is -2.41. The van der Waals surface area contributed by atoms with Gasteiger partial charge in [-0.3, -0.25) is 0 Å². The van der Waals surface area contributed by atoms with Crippen LogP contribution in [-0.2, 0) is 4.74 Å². The van der Waals surface area contributed by atoms with E-state index >= 15 is 0 Å². The van der Waals surface area contributed by atoms with Gasteiger partial charge in [0, 0.05) is 0 Å². The highest BCUT2D eigenvalue weighted by atomic mass is 16.5. The van der Waals surface area contributed by atoms with Crippen LogP contribution in [0, 0.1) is 0 Å². The largest absolute Gasteiger partial charge is 0.394 e. The fourth-order valence-electron chi connectivity index (χ4n) is 2.78. The van der Waals surface area contributed by atoms with Crippen LogP contribution in [0.3, 0.4) is 0 Å². The zero-order valence-electron chi connectivity index (χ0n) is 11.9. The van der Waals surface area contributed by atoms with E-state index in [1.807, 2.05) is 0 Å². The predicted molar refractivity (Wildman–Crippen MR) is 72.7 cm³/mol. The highest BCUT2D eigenvalue weighted by Crippen LogP contribution is 2.22. The highest BCUT2D eigenvalue weighted by molar-refractivity contribution is 5.22. The molecule has 22 heavy (non-hydrogen) atoms. The number of nitrogens with one attached hydrogen (secondary N) is 1. The maximum Gasteiger partial charge on any atom is 0.111 e. The smallest absolute Gasteiger partial charge is 0.111 e. The Morgan fingerprint density at radius 3 is 2.27 bits per heavy atom. The summed E-state index contributed by atoms with van der Waals surface area (Å²) in [6.45, 7) is -0.938. The molecule has 1 fully saturated rings. The summed E-state index contributed by atoms with van der Waals surface area (Å²) < 4.78 is 5.21. The first kappa shape index (κ1) is 17.7. The molecule has 0 aromatic heterocycles. The Morgan fingerprint density at radius 1 is 1.00 bits per heavy atom. The second kappa shape index (κ2) is 7.30. The van der Waals surface area contributed by atoms with Crippen molar-refractivity contribution in [1.82, 2.24) is 5.32 Å². The summed E-state index contributed by atoms with van der Waals surface area (Å²) in [4.78, 5) is 0. The van der Waals surface area contributed by atoms with E-state index in [0.717, 1.165) is 0 Å². The van der Waals surface area contributed by atoms with Crippen LogP contribution < -0.4 is 5.32 Å². The molecule has 9 heteroatoms. The molecule has 1 aliphatic carbocycles. The Balaban J connectivity index is 2.08. The summed E-state index contributed by atoms with van der Waals surface area (Å²) in [6, 6.07) is -1.60. The van der Waals surface area contributed by atoms with E-state index in [0.29, 0.717) is 0 Å². The van der Waals surface area contributed by atoms with Crippen molar-refractivity contribution in [2.75, 3.05) is 19.8 Å². The molecule has 0 saturated carbocycles. The van der Waals surface area contributed by atoms with Crippen LogP contribution in [0.2, 0.25) is 0 Å². The van der Waals surface area contributed by atoms with E-state index in [2.05, 4.69) is 5.32 Å². The molecule has 8 N–H and O–H groups in total. The molecule has 1 saturated heterocycles. The zero-order valence-corrected chi connectivity index (χ0v) is 11.9. The standard InChI is InChI=1S/C13H23NO8/c15-2-5-1-6(10(18)13(21)9(5)17)14-7-4-22-8(3-16)12(20)11(7)19/h1,6-21H,2-4H2/t6-,7-,8+,9-,10+,11+,12+,13+/m0/s1. The average molecular weight is 321 g/mol. The van der Waals surface area contributed by atoms with Gasteiger partial charge in [-0.2, -0.15) is 0 Å². The molecule has 0 aromatic carbocycles. The number of aliphatic hydroxyl groups excluding tert-OH is 7. The van der Waals surface area contributed by atoms with Crippen LogP contribution in [0.5, 0.6) is 0 Å². The molecule has 128 valence electrons. The second-order valence-electron chi connectivity index (χ2n) is 5.66. The number of hydrogen-bond acceptors (Lipinski definition) is 9. The van der Waals surface area contributed by atoms with Gasteiger partial charge in [-0.25, -0.2) is 0 Å². The fraction of sp³-hybridized carbons (Fsp3) is 0.846. The van der Waals surface area contributed by atoms with Crippen LogP contribution in [0.4, 0.5) is 0 Å². The maximum atomic E-state index is 10.0. The van der Waals surface area contributed by atoms with E-state index in [9.17, 15) is 25.5 Å². The Kier molecular flexibility index (Phi) is 5.88. The minimum absolute atomic E-state index is 0.0202. The van der Waals surface area contributed by atoms with Crippen molar-refractivity contribution >= 4 is 0 Å². The molecule has 0 unspecified atom stereocenters. The molecule has 1 heterocycles. The third-order valence-corrected chi connectivity index (χ3v) is 4.22. The molecule has 0 radical (unpaired) electrons. The summed E-state index contributed by atoms with van der Waals surface area (Å²) in [7, 11) is 0. The molecule has 1 aliphatic heterocycles. The molecule has 0 spiro atoms. The monoisotopic (exact) mass is 321 g/mol. The van der Waals surface area contributed by atoms with Gasteiger partial charge in [-0.05, 0) is 5.57 Å². The SMILES string of the molecule is OCC1=C[C@H](N[C@H]2CO[C@H](CO)[C@@H](O)[C@@H]2O)[C@@H](O)[C@H](O)[C@H]1O. The molecular formula is C13H23NO8. The Bertz CT molecular complexity index is 406. The topological polar surface area (TPSA) is 163 Å². The second-order valence-corrected chi connectivity index (χ2v) is 5.66. The van der Waals surface area contributed by atoms with E-state index in [4.69, 9.17) is 14.9 Å². The summed E-state index contributed by atoms with van der Waals surface area (Å²) in [5, 5.41) is 70.3. The highest BCUT2D eigenvalue weighted by Gasteiger charge is 2.42. The summed E-state index contributed by atoms with van der Waals surface area (Å²) >= 11 is 0. The minimum Gasteiger partial charge on any atom is -0.394 e. The van der Waals surface area contributed by atoms with Gasteiger partial charge in [0.05, 0.1) is 31.9 Å². The average Bonchev–Trinajstić information content (AvgIpc) is 2.52. The van der Waals surface area contributed by atoms with Crippen molar-refractivity contribution < 1.29 is 40.5 Å². The fourth-order valence-corrected chi connectivity index (χ4v) is 2.78. The summed E-state index contributed by atoms with van der Waals surface area (Å²) in [5.41, 5.74) is 0.148. The van der Waals surface area contributed by atoms with Gasteiger partial charge < -0.3 is 45.8 Å². The van der Waals surface area contributed by atoms with Crippen LogP contribution in [-0.4, -0.2) is 104 Å². The van der Waals surface area contributed by atoms with Gasteiger partial charge in [-0.1, -0.05) is 6.08 Å². The van der Waals surface area contributed by atoms with Gasteiger partial charge in [0.25, 0.3) is 0 Å². The lowest BCUT2D eigenvalue weighted by molar-refractivity contribution is -0.165. The Labute approximate surface area is 127 Å². The van der Waals surface area contributed by atoms with Crippen molar-refractivity contribution in [1.29, 1.82) is 0 Å². The predicted octanol–water partition coefficient (Wildman–Crippen LogP) is -4.56. The van der Waals surface area contributed by atoms with Gasteiger partial charge in [0.15, 0.2) is 0 Å². The van der Waals surface area contributed by atoms with Crippen LogP contribution in [0.1, 0.15) is 0 Å². The van der Waals surface area contributed by atoms with Crippen molar-refractivity contribution in [3.63, 3.8) is 0 Å². The van der Waals surface area contributed by atoms with E-state index < -0.39 is 61.9 Å². The van der Waals surface area contributed by atoms with Crippen LogP contribution in [0.15, 0.2) is 11.6 Å². The van der Waals surface area contributed by atoms with Crippen molar-refractivity contribution in [3.8, 4) is 0 Å². The van der Waals surface area contributed by atoms with Crippen molar-refractivity contribution in [3.05, 3.63) is 11.6 Å². The first-order valence-corrected chi connectivity index (χ1v) is 7.11. The Hall–Kier alpha value is -0.620. The number of hydrogen-bond donors (Lipinski definition) is 8. The van der Waals surface area contributed by atoms with E-state index in [-0.39, 0.29) is 12.2 Å². The molecular weight excluding hydrogens is 298 g/mol. The zero-order chi connectivity index (χ0) is 16.4. The number of ether oxygens (including phenoxy) is 1. The van der Waals surface area contributed by atoms with E-state index in [1.54, 1.807) is 0 Å². The molecule has 8 atom stereocenters. The van der Waals surface area contributed by atoms with Gasteiger partial charge in [0.2, 0.25) is 0 Å². The molecule has 2 aliphatic rings.